The van der Waals surface area contributed by atoms with E-state index in [0.29, 0.717) is 25.5 Å². The molecule has 0 radical (unpaired) electrons. The van der Waals surface area contributed by atoms with Crippen molar-refractivity contribution in [1.82, 2.24) is 10.6 Å². The maximum absolute atomic E-state index is 11.2. The third-order valence-corrected chi connectivity index (χ3v) is 3.06. The minimum absolute atomic E-state index is 0.0333. The fourth-order valence-electron chi connectivity index (χ4n) is 1.80. The van der Waals surface area contributed by atoms with Gasteiger partial charge >= 0.3 is 0 Å². The molecule has 0 aliphatic rings. The second-order valence-electron chi connectivity index (χ2n) is 5.13. The fourth-order valence-corrected chi connectivity index (χ4v) is 1.80. The van der Waals surface area contributed by atoms with Crippen LogP contribution < -0.4 is 20.1 Å². The number of amides is 1. The van der Waals surface area contributed by atoms with Crippen LogP contribution in [0.3, 0.4) is 0 Å². The molecule has 0 saturated carbocycles. The van der Waals surface area contributed by atoms with E-state index < -0.39 is 0 Å². The van der Waals surface area contributed by atoms with Gasteiger partial charge in [-0.2, -0.15) is 0 Å². The molecular formula is C16H26N2O3. The van der Waals surface area contributed by atoms with E-state index in [9.17, 15) is 4.79 Å². The lowest BCUT2D eigenvalue weighted by atomic mass is 10.1. The molecule has 118 valence electrons. The van der Waals surface area contributed by atoms with Crippen molar-refractivity contribution in [3.05, 3.63) is 23.8 Å². The molecule has 5 nitrogen and oxygen atoms in total. The maximum atomic E-state index is 11.2. The zero-order valence-electron chi connectivity index (χ0n) is 13.4. The quantitative estimate of drug-likeness (QED) is 0.685. The molecule has 0 aliphatic carbocycles. The average molecular weight is 294 g/mol. The molecule has 1 amide bonds. The monoisotopic (exact) mass is 294 g/mol. The molecule has 0 fully saturated rings. The van der Waals surface area contributed by atoms with Gasteiger partial charge in [0.05, 0.1) is 13.7 Å². The Morgan fingerprint density at radius 2 is 2.10 bits per heavy atom. The zero-order chi connectivity index (χ0) is 15.7. The number of methoxy groups -OCH3 is 1. The molecule has 0 spiro atoms. The normalized spacial score (nSPS) is 10.5. The van der Waals surface area contributed by atoms with Gasteiger partial charge in [0.15, 0.2) is 0 Å². The predicted octanol–water partition coefficient (Wildman–Crippen LogP) is 2.10. The third-order valence-electron chi connectivity index (χ3n) is 3.06. The second kappa shape index (κ2) is 9.23. The highest BCUT2D eigenvalue weighted by Gasteiger charge is 2.07. The maximum Gasteiger partial charge on any atom is 0.219 e. The molecule has 0 saturated heterocycles. The summed E-state index contributed by atoms with van der Waals surface area (Å²) in [5.74, 6) is 1.61. The SMILES string of the molecule is CNC(=O)CCCOc1cc(OC)ccc1CNC(C)C. The van der Waals surface area contributed by atoms with Crippen molar-refractivity contribution in [2.75, 3.05) is 20.8 Å². The number of carbonyl (C=O) groups is 1. The van der Waals surface area contributed by atoms with Crippen LogP contribution in [0.1, 0.15) is 32.3 Å². The van der Waals surface area contributed by atoms with Gasteiger partial charge in [-0.3, -0.25) is 4.79 Å². The first kappa shape index (κ1) is 17.3. The highest BCUT2D eigenvalue weighted by molar-refractivity contribution is 5.75. The van der Waals surface area contributed by atoms with E-state index in [1.54, 1.807) is 14.2 Å². The van der Waals surface area contributed by atoms with Crippen molar-refractivity contribution in [3.63, 3.8) is 0 Å². The van der Waals surface area contributed by atoms with Crippen molar-refractivity contribution in [1.29, 1.82) is 0 Å². The van der Waals surface area contributed by atoms with Crippen molar-refractivity contribution in [2.24, 2.45) is 0 Å². The van der Waals surface area contributed by atoms with Crippen LogP contribution in [0.15, 0.2) is 18.2 Å². The first-order valence-corrected chi connectivity index (χ1v) is 7.30. The topological polar surface area (TPSA) is 59.6 Å². The number of rotatable bonds is 9. The zero-order valence-corrected chi connectivity index (χ0v) is 13.4. The Balaban J connectivity index is 2.61. The van der Waals surface area contributed by atoms with Gasteiger partial charge in [-0.1, -0.05) is 19.9 Å². The number of benzene rings is 1. The van der Waals surface area contributed by atoms with Gasteiger partial charge in [0.1, 0.15) is 11.5 Å². The number of carbonyl (C=O) groups excluding carboxylic acids is 1. The average Bonchev–Trinajstić information content (AvgIpc) is 2.49. The summed E-state index contributed by atoms with van der Waals surface area (Å²) >= 11 is 0. The van der Waals surface area contributed by atoms with Crippen molar-refractivity contribution >= 4 is 5.91 Å². The molecule has 5 heteroatoms. The van der Waals surface area contributed by atoms with Crippen LogP contribution in [-0.2, 0) is 11.3 Å². The van der Waals surface area contributed by atoms with E-state index in [4.69, 9.17) is 9.47 Å². The Labute approximate surface area is 127 Å². The number of nitrogens with one attached hydrogen (secondary N) is 2. The first-order chi connectivity index (χ1) is 10.1. The molecule has 0 atom stereocenters. The van der Waals surface area contributed by atoms with Crippen LogP contribution in [0.25, 0.3) is 0 Å². The van der Waals surface area contributed by atoms with Crippen molar-refractivity contribution in [2.45, 2.75) is 39.3 Å². The molecule has 0 aromatic heterocycles. The van der Waals surface area contributed by atoms with Crippen LogP contribution >= 0.6 is 0 Å². The molecule has 0 unspecified atom stereocenters. The van der Waals surface area contributed by atoms with Gasteiger partial charge in [0, 0.05) is 37.7 Å². The molecule has 1 rings (SSSR count). The number of ether oxygens (including phenoxy) is 2. The molecule has 0 heterocycles. The van der Waals surface area contributed by atoms with E-state index in [1.165, 1.54) is 0 Å². The van der Waals surface area contributed by atoms with Gasteiger partial charge in [-0.15, -0.1) is 0 Å². The fraction of sp³-hybridized carbons (Fsp3) is 0.562. The lowest BCUT2D eigenvalue weighted by Crippen LogP contribution is -2.22. The molecule has 0 bridgehead atoms. The Morgan fingerprint density at radius 1 is 1.33 bits per heavy atom. The smallest absolute Gasteiger partial charge is 0.219 e. The largest absolute Gasteiger partial charge is 0.497 e. The van der Waals surface area contributed by atoms with Crippen LogP contribution in [0.4, 0.5) is 0 Å². The Hall–Kier alpha value is -1.75. The Morgan fingerprint density at radius 3 is 2.71 bits per heavy atom. The summed E-state index contributed by atoms with van der Waals surface area (Å²) in [5, 5.41) is 5.97. The summed E-state index contributed by atoms with van der Waals surface area (Å²) in [6.45, 7) is 5.46. The summed E-state index contributed by atoms with van der Waals surface area (Å²) in [7, 11) is 3.28. The summed E-state index contributed by atoms with van der Waals surface area (Å²) in [5.41, 5.74) is 1.09. The minimum atomic E-state index is 0.0333. The van der Waals surface area contributed by atoms with Gasteiger partial charge < -0.3 is 20.1 Å². The van der Waals surface area contributed by atoms with Gasteiger partial charge in [-0.25, -0.2) is 0 Å². The van der Waals surface area contributed by atoms with Crippen LogP contribution in [0, 0.1) is 0 Å². The van der Waals surface area contributed by atoms with Crippen LogP contribution in [-0.4, -0.2) is 32.7 Å². The van der Waals surface area contributed by atoms with E-state index >= 15 is 0 Å². The predicted molar refractivity (Wildman–Crippen MR) is 83.8 cm³/mol. The second-order valence-corrected chi connectivity index (χ2v) is 5.13. The molecule has 21 heavy (non-hydrogen) atoms. The Kier molecular flexibility index (Phi) is 7.61. The summed E-state index contributed by atoms with van der Waals surface area (Å²) in [4.78, 5) is 11.2. The highest BCUT2D eigenvalue weighted by Crippen LogP contribution is 2.25. The number of hydrogen-bond donors (Lipinski definition) is 2. The van der Waals surface area contributed by atoms with E-state index in [-0.39, 0.29) is 5.91 Å². The van der Waals surface area contributed by atoms with E-state index in [0.717, 1.165) is 23.6 Å². The standard InChI is InChI=1S/C16H26N2O3/c1-12(2)18-11-13-7-8-14(20-4)10-15(13)21-9-5-6-16(19)17-3/h7-8,10,12,18H,5-6,9,11H2,1-4H3,(H,17,19). The molecule has 2 N–H and O–H groups in total. The Bertz CT molecular complexity index is 447. The molecule has 0 aliphatic heterocycles. The summed E-state index contributed by atoms with van der Waals surface area (Å²) < 4.78 is 11.0. The molecule has 1 aromatic rings. The lowest BCUT2D eigenvalue weighted by Gasteiger charge is -2.15. The van der Waals surface area contributed by atoms with Crippen molar-refractivity contribution in [3.8, 4) is 11.5 Å². The molecular weight excluding hydrogens is 268 g/mol. The lowest BCUT2D eigenvalue weighted by molar-refractivity contribution is -0.120. The minimum Gasteiger partial charge on any atom is -0.497 e. The highest BCUT2D eigenvalue weighted by atomic mass is 16.5. The van der Waals surface area contributed by atoms with Gasteiger partial charge in [0.2, 0.25) is 5.91 Å². The van der Waals surface area contributed by atoms with E-state index in [2.05, 4.69) is 24.5 Å². The van der Waals surface area contributed by atoms with Crippen LogP contribution in [0.2, 0.25) is 0 Å². The van der Waals surface area contributed by atoms with Gasteiger partial charge in [0.25, 0.3) is 0 Å². The van der Waals surface area contributed by atoms with Gasteiger partial charge in [-0.05, 0) is 12.5 Å². The summed E-state index contributed by atoms with van der Waals surface area (Å²) in [6, 6.07) is 6.22. The van der Waals surface area contributed by atoms with Crippen LogP contribution in [0.5, 0.6) is 11.5 Å². The first-order valence-electron chi connectivity index (χ1n) is 7.30. The summed E-state index contributed by atoms with van der Waals surface area (Å²) in [6.07, 6.45) is 1.16. The third kappa shape index (κ3) is 6.49. The van der Waals surface area contributed by atoms with E-state index in [1.807, 2.05) is 18.2 Å². The molecule has 1 aromatic carbocycles. The van der Waals surface area contributed by atoms with Crippen molar-refractivity contribution < 1.29 is 14.3 Å². The number of hydrogen-bond acceptors (Lipinski definition) is 4.